The van der Waals surface area contributed by atoms with Gasteiger partial charge in [0.15, 0.2) is 0 Å². The summed E-state index contributed by atoms with van der Waals surface area (Å²) in [6, 6.07) is 0.545. The highest BCUT2D eigenvalue weighted by Crippen LogP contribution is 2.30. The fourth-order valence-electron chi connectivity index (χ4n) is 3.23. The second-order valence-corrected chi connectivity index (χ2v) is 6.28. The topological polar surface area (TPSA) is 21.3 Å². The standard InChI is InChI=1S/C17H35NO/c1-4-6-7-8-9-10-13-16(18-5-2)17(3)14-11-12-15-19-17/h16,18H,4-15H2,1-3H3. The van der Waals surface area contributed by atoms with Gasteiger partial charge in [0.1, 0.15) is 0 Å². The van der Waals surface area contributed by atoms with E-state index < -0.39 is 0 Å². The summed E-state index contributed by atoms with van der Waals surface area (Å²) in [4.78, 5) is 0. The van der Waals surface area contributed by atoms with E-state index in [-0.39, 0.29) is 5.60 Å². The molecule has 19 heavy (non-hydrogen) atoms. The maximum Gasteiger partial charge on any atom is 0.0806 e. The number of hydrogen-bond acceptors (Lipinski definition) is 2. The van der Waals surface area contributed by atoms with Gasteiger partial charge >= 0.3 is 0 Å². The number of rotatable bonds is 10. The molecule has 1 N–H and O–H groups in total. The van der Waals surface area contributed by atoms with Crippen LogP contribution in [0.25, 0.3) is 0 Å². The Labute approximate surface area is 120 Å². The Morgan fingerprint density at radius 3 is 2.42 bits per heavy atom. The van der Waals surface area contributed by atoms with E-state index in [4.69, 9.17) is 4.74 Å². The average Bonchev–Trinajstić information content (AvgIpc) is 2.42. The van der Waals surface area contributed by atoms with Crippen molar-refractivity contribution in [2.45, 2.75) is 96.6 Å². The van der Waals surface area contributed by atoms with E-state index in [0.717, 1.165) is 13.2 Å². The first kappa shape index (κ1) is 17.0. The van der Waals surface area contributed by atoms with E-state index in [1.165, 1.54) is 64.2 Å². The lowest BCUT2D eigenvalue weighted by Crippen LogP contribution is -2.52. The zero-order valence-corrected chi connectivity index (χ0v) is 13.5. The van der Waals surface area contributed by atoms with Crippen LogP contribution in [0.3, 0.4) is 0 Å². The molecule has 1 rings (SSSR count). The molecule has 0 spiro atoms. The van der Waals surface area contributed by atoms with Gasteiger partial charge in [-0.1, -0.05) is 52.4 Å². The third-order valence-electron chi connectivity index (χ3n) is 4.53. The SMILES string of the molecule is CCCCCCCCC(NCC)C1(C)CCCCO1. The van der Waals surface area contributed by atoms with Crippen molar-refractivity contribution in [2.75, 3.05) is 13.2 Å². The Morgan fingerprint density at radius 2 is 1.79 bits per heavy atom. The first-order valence-electron chi connectivity index (χ1n) is 8.60. The zero-order valence-electron chi connectivity index (χ0n) is 13.5. The molecule has 1 aliphatic heterocycles. The molecule has 0 amide bonds. The molecule has 2 atom stereocenters. The third-order valence-corrected chi connectivity index (χ3v) is 4.53. The van der Waals surface area contributed by atoms with Crippen LogP contribution in [0.15, 0.2) is 0 Å². The first-order valence-corrected chi connectivity index (χ1v) is 8.60. The summed E-state index contributed by atoms with van der Waals surface area (Å²) in [5, 5.41) is 3.67. The summed E-state index contributed by atoms with van der Waals surface area (Å²) in [7, 11) is 0. The fraction of sp³-hybridized carbons (Fsp3) is 1.00. The van der Waals surface area contributed by atoms with Gasteiger partial charge < -0.3 is 10.1 Å². The van der Waals surface area contributed by atoms with Gasteiger partial charge in [-0.15, -0.1) is 0 Å². The highest BCUT2D eigenvalue weighted by atomic mass is 16.5. The largest absolute Gasteiger partial charge is 0.374 e. The van der Waals surface area contributed by atoms with E-state index in [0.29, 0.717) is 6.04 Å². The predicted molar refractivity (Wildman–Crippen MR) is 83.7 cm³/mol. The minimum absolute atomic E-state index is 0.0810. The van der Waals surface area contributed by atoms with E-state index in [1.807, 2.05) is 0 Å². The third kappa shape index (κ3) is 6.27. The maximum absolute atomic E-state index is 6.11. The second kappa shape index (κ2) is 9.77. The normalized spacial score (nSPS) is 25.4. The molecule has 0 aromatic carbocycles. The van der Waals surface area contributed by atoms with Crippen LogP contribution in [0, 0.1) is 0 Å². The number of hydrogen-bond donors (Lipinski definition) is 1. The Kier molecular flexibility index (Phi) is 8.72. The van der Waals surface area contributed by atoms with Crippen LogP contribution in [-0.2, 0) is 4.74 Å². The van der Waals surface area contributed by atoms with Crippen molar-refractivity contribution in [3.05, 3.63) is 0 Å². The molecule has 1 fully saturated rings. The monoisotopic (exact) mass is 269 g/mol. The van der Waals surface area contributed by atoms with Gasteiger partial charge in [-0.3, -0.25) is 0 Å². The molecule has 1 aliphatic rings. The lowest BCUT2D eigenvalue weighted by Gasteiger charge is -2.41. The van der Waals surface area contributed by atoms with Crippen molar-refractivity contribution in [1.29, 1.82) is 0 Å². The van der Waals surface area contributed by atoms with Gasteiger partial charge in [0.05, 0.1) is 5.60 Å². The summed E-state index contributed by atoms with van der Waals surface area (Å²) in [6.07, 6.45) is 13.4. The molecule has 0 aromatic heterocycles. The molecule has 114 valence electrons. The van der Waals surface area contributed by atoms with Crippen LogP contribution in [0.5, 0.6) is 0 Å². The van der Waals surface area contributed by atoms with Crippen LogP contribution >= 0.6 is 0 Å². The van der Waals surface area contributed by atoms with Gasteiger partial charge in [0.2, 0.25) is 0 Å². The molecular weight excluding hydrogens is 234 g/mol. The maximum atomic E-state index is 6.11. The van der Waals surface area contributed by atoms with Crippen molar-refractivity contribution >= 4 is 0 Å². The summed E-state index contributed by atoms with van der Waals surface area (Å²) in [5.41, 5.74) is 0.0810. The van der Waals surface area contributed by atoms with Crippen molar-refractivity contribution in [2.24, 2.45) is 0 Å². The first-order chi connectivity index (χ1) is 9.23. The van der Waals surface area contributed by atoms with E-state index in [9.17, 15) is 0 Å². The molecule has 0 radical (unpaired) electrons. The minimum atomic E-state index is 0.0810. The van der Waals surface area contributed by atoms with Crippen molar-refractivity contribution in [3.63, 3.8) is 0 Å². The van der Waals surface area contributed by atoms with Crippen molar-refractivity contribution in [1.82, 2.24) is 5.32 Å². The van der Waals surface area contributed by atoms with Gasteiger partial charge in [0, 0.05) is 12.6 Å². The van der Waals surface area contributed by atoms with Crippen molar-refractivity contribution in [3.8, 4) is 0 Å². The highest BCUT2D eigenvalue weighted by Gasteiger charge is 2.35. The molecule has 2 nitrogen and oxygen atoms in total. The summed E-state index contributed by atoms with van der Waals surface area (Å²) in [6.45, 7) is 8.81. The Hall–Kier alpha value is -0.0800. The highest BCUT2D eigenvalue weighted by molar-refractivity contribution is 4.91. The molecule has 2 heteroatoms. The summed E-state index contributed by atoms with van der Waals surface area (Å²) in [5.74, 6) is 0. The predicted octanol–water partition coefficient (Wildman–Crippen LogP) is 4.67. The van der Waals surface area contributed by atoms with Gasteiger partial charge in [-0.25, -0.2) is 0 Å². The van der Waals surface area contributed by atoms with Gasteiger partial charge in [0.25, 0.3) is 0 Å². The number of unbranched alkanes of at least 4 members (excludes halogenated alkanes) is 5. The van der Waals surface area contributed by atoms with Crippen LogP contribution < -0.4 is 5.32 Å². The zero-order chi connectivity index (χ0) is 14.0. The Balaban J connectivity index is 2.27. The molecule has 1 heterocycles. The molecule has 0 bridgehead atoms. The summed E-state index contributed by atoms with van der Waals surface area (Å²) < 4.78 is 6.11. The molecule has 2 unspecified atom stereocenters. The second-order valence-electron chi connectivity index (χ2n) is 6.28. The van der Waals surface area contributed by atoms with Gasteiger partial charge in [-0.05, 0) is 39.2 Å². The van der Waals surface area contributed by atoms with E-state index in [2.05, 4.69) is 26.1 Å². The number of likely N-dealkylation sites (N-methyl/N-ethyl adjacent to an activating group) is 1. The fourth-order valence-corrected chi connectivity index (χ4v) is 3.23. The lowest BCUT2D eigenvalue weighted by atomic mass is 9.85. The molecule has 1 saturated heterocycles. The number of nitrogens with one attached hydrogen (secondary N) is 1. The Bertz CT molecular complexity index is 211. The molecular formula is C17H35NO. The van der Waals surface area contributed by atoms with E-state index in [1.54, 1.807) is 0 Å². The van der Waals surface area contributed by atoms with Crippen LogP contribution in [0.4, 0.5) is 0 Å². The molecule has 0 saturated carbocycles. The quantitative estimate of drug-likeness (QED) is 0.582. The van der Waals surface area contributed by atoms with Crippen LogP contribution in [0.2, 0.25) is 0 Å². The van der Waals surface area contributed by atoms with Crippen molar-refractivity contribution < 1.29 is 4.74 Å². The smallest absolute Gasteiger partial charge is 0.0806 e. The van der Waals surface area contributed by atoms with Crippen LogP contribution in [-0.4, -0.2) is 24.8 Å². The lowest BCUT2D eigenvalue weighted by molar-refractivity contribution is -0.0901. The molecule has 0 aliphatic carbocycles. The van der Waals surface area contributed by atoms with Gasteiger partial charge in [-0.2, -0.15) is 0 Å². The Morgan fingerprint density at radius 1 is 1.05 bits per heavy atom. The number of ether oxygens (including phenoxy) is 1. The van der Waals surface area contributed by atoms with E-state index >= 15 is 0 Å². The summed E-state index contributed by atoms with van der Waals surface area (Å²) >= 11 is 0. The minimum Gasteiger partial charge on any atom is -0.374 e. The average molecular weight is 269 g/mol. The van der Waals surface area contributed by atoms with Crippen LogP contribution in [0.1, 0.15) is 85.0 Å². The molecule has 0 aromatic rings.